The Morgan fingerprint density at radius 2 is 1.19 bits per heavy atom. The van der Waals surface area contributed by atoms with Crippen molar-refractivity contribution < 1.29 is 19.1 Å². The molecule has 0 amide bonds. The zero-order valence-corrected chi connectivity index (χ0v) is 17.3. The summed E-state index contributed by atoms with van der Waals surface area (Å²) >= 11 is 0. The summed E-state index contributed by atoms with van der Waals surface area (Å²) in [5.41, 5.74) is 4.76. The van der Waals surface area contributed by atoms with Crippen molar-refractivity contribution in [3.8, 4) is 33.6 Å². The minimum Gasteiger partial charge on any atom is -0.465 e. The van der Waals surface area contributed by atoms with Gasteiger partial charge in [0.25, 0.3) is 0 Å². The second-order valence-corrected chi connectivity index (χ2v) is 6.85. The highest BCUT2D eigenvalue weighted by Crippen LogP contribution is 2.37. The van der Waals surface area contributed by atoms with Crippen LogP contribution in [0.25, 0.3) is 33.6 Å². The first-order valence-corrected chi connectivity index (χ1v) is 9.95. The van der Waals surface area contributed by atoms with Gasteiger partial charge in [-0.05, 0) is 18.1 Å². The van der Waals surface area contributed by atoms with Crippen molar-refractivity contribution in [2.45, 2.75) is 6.92 Å². The number of methoxy groups -OCH3 is 1. The van der Waals surface area contributed by atoms with Crippen molar-refractivity contribution >= 4 is 11.9 Å². The summed E-state index contributed by atoms with van der Waals surface area (Å²) in [6.45, 7) is 2.00. The molecule has 0 aliphatic heterocycles. The van der Waals surface area contributed by atoms with Crippen molar-refractivity contribution in [3.63, 3.8) is 0 Å². The molecule has 2 heterocycles. The van der Waals surface area contributed by atoms with Crippen LogP contribution in [0.15, 0.2) is 73.1 Å². The number of hydrogen-bond donors (Lipinski definition) is 2. The Bertz CT molecular complexity index is 1210. The lowest BCUT2D eigenvalue weighted by Gasteiger charge is -2.09. The van der Waals surface area contributed by atoms with Crippen LogP contribution in [0.4, 0.5) is 0 Å². The van der Waals surface area contributed by atoms with E-state index < -0.39 is 11.9 Å². The van der Waals surface area contributed by atoms with Crippen molar-refractivity contribution in [1.82, 2.24) is 9.97 Å². The number of ether oxygens (including phenoxy) is 2. The number of carbonyl (C=O) groups is 2. The van der Waals surface area contributed by atoms with E-state index in [1.807, 2.05) is 60.7 Å². The molecular weight excluding hydrogens is 392 g/mol. The van der Waals surface area contributed by atoms with Gasteiger partial charge in [-0.25, -0.2) is 9.59 Å². The minimum atomic E-state index is -0.499. The van der Waals surface area contributed by atoms with E-state index in [4.69, 9.17) is 9.47 Å². The fourth-order valence-corrected chi connectivity index (χ4v) is 3.66. The average molecular weight is 414 g/mol. The number of aromatic nitrogens is 2. The van der Waals surface area contributed by atoms with Gasteiger partial charge in [0, 0.05) is 23.5 Å². The predicted octanol–water partition coefficient (Wildman–Crippen LogP) is 5.31. The maximum absolute atomic E-state index is 12.9. The molecule has 0 unspecified atom stereocenters. The Balaban J connectivity index is 1.94. The van der Waals surface area contributed by atoms with Crippen LogP contribution in [-0.4, -0.2) is 35.6 Å². The zero-order chi connectivity index (χ0) is 21.8. The van der Waals surface area contributed by atoms with Gasteiger partial charge in [0.15, 0.2) is 0 Å². The molecule has 0 fully saturated rings. The first-order valence-electron chi connectivity index (χ1n) is 9.95. The molecule has 6 nitrogen and oxygen atoms in total. The number of benzene rings is 2. The molecule has 0 aliphatic rings. The average Bonchev–Trinajstić information content (AvgIpc) is 3.44. The second-order valence-electron chi connectivity index (χ2n) is 6.85. The summed E-state index contributed by atoms with van der Waals surface area (Å²) in [6.07, 6.45) is 3.50. The topological polar surface area (TPSA) is 84.2 Å². The number of esters is 2. The molecule has 156 valence electrons. The Morgan fingerprint density at radius 1 is 0.742 bits per heavy atom. The lowest BCUT2D eigenvalue weighted by atomic mass is 9.98. The van der Waals surface area contributed by atoms with Crippen LogP contribution in [-0.2, 0) is 9.47 Å². The standard InChI is InChI=1S/C25H22N2O4/c1-3-31-25(29)21-19(17-12-8-5-9-13-17)15-27-23(21)22-20(24(28)30-2)18(14-26-22)16-10-6-4-7-11-16/h4-15,26-27H,3H2,1-2H3. The normalized spacial score (nSPS) is 10.6. The molecular formula is C25H22N2O4. The summed E-state index contributed by atoms with van der Waals surface area (Å²) in [4.78, 5) is 32.1. The lowest BCUT2D eigenvalue weighted by molar-refractivity contribution is 0.0526. The van der Waals surface area contributed by atoms with E-state index in [1.54, 1.807) is 19.3 Å². The molecule has 0 spiro atoms. The quantitative estimate of drug-likeness (QED) is 0.419. The van der Waals surface area contributed by atoms with Gasteiger partial charge in [-0.2, -0.15) is 0 Å². The summed E-state index contributed by atoms with van der Waals surface area (Å²) in [5, 5.41) is 0. The zero-order valence-electron chi connectivity index (χ0n) is 17.3. The molecule has 4 aromatic rings. The van der Waals surface area contributed by atoms with E-state index in [0.29, 0.717) is 33.6 Å². The highest BCUT2D eigenvalue weighted by atomic mass is 16.5. The summed E-state index contributed by atoms with van der Waals surface area (Å²) in [5.74, 6) is -0.968. The van der Waals surface area contributed by atoms with Gasteiger partial charge < -0.3 is 19.4 Å². The van der Waals surface area contributed by atoms with Gasteiger partial charge in [0.05, 0.1) is 36.2 Å². The molecule has 2 N–H and O–H groups in total. The molecule has 4 rings (SSSR count). The van der Waals surface area contributed by atoms with Crippen LogP contribution < -0.4 is 0 Å². The maximum Gasteiger partial charge on any atom is 0.341 e. The molecule has 0 radical (unpaired) electrons. The predicted molar refractivity (Wildman–Crippen MR) is 119 cm³/mol. The van der Waals surface area contributed by atoms with E-state index in [1.165, 1.54) is 7.11 Å². The van der Waals surface area contributed by atoms with Gasteiger partial charge >= 0.3 is 11.9 Å². The Labute approximate surface area is 179 Å². The summed E-state index contributed by atoms with van der Waals surface area (Å²) in [7, 11) is 1.34. The van der Waals surface area contributed by atoms with Gasteiger partial charge in [-0.15, -0.1) is 0 Å². The maximum atomic E-state index is 12.9. The van der Waals surface area contributed by atoms with Gasteiger partial charge in [0.2, 0.25) is 0 Å². The van der Waals surface area contributed by atoms with E-state index in [9.17, 15) is 9.59 Å². The molecule has 0 saturated heterocycles. The molecule has 6 heteroatoms. The van der Waals surface area contributed by atoms with Gasteiger partial charge in [-0.3, -0.25) is 0 Å². The molecule has 0 atom stereocenters. The van der Waals surface area contributed by atoms with E-state index in [2.05, 4.69) is 9.97 Å². The summed E-state index contributed by atoms with van der Waals surface area (Å²) in [6, 6.07) is 19.1. The van der Waals surface area contributed by atoms with Crippen molar-refractivity contribution in [2.75, 3.05) is 13.7 Å². The number of aromatic amines is 2. The molecule has 2 aromatic heterocycles. The van der Waals surface area contributed by atoms with Crippen LogP contribution in [0.2, 0.25) is 0 Å². The SMILES string of the molecule is CCOC(=O)c1c(-c2ccccc2)c[nH]c1-c1[nH]cc(-c2ccccc2)c1C(=O)OC. The third-order valence-corrected chi connectivity index (χ3v) is 5.05. The second kappa shape index (κ2) is 8.75. The number of rotatable bonds is 6. The van der Waals surface area contributed by atoms with Crippen LogP contribution in [0.1, 0.15) is 27.6 Å². The molecule has 2 aromatic carbocycles. The van der Waals surface area contributed by atoms with Crippen LogP contribution in [0.3, 0.4) is 0 Å². The fraction of sp³-hybridized carbons (Fsp3) is 0.120. The van der Waals surface area contributed by atoms with E-state index in [0.717, 1.165) is 11.1 Å². The van der Waals surface area contributed by atoms with Crippen molar-refractivity contribution in [2.24, 2.45) is 0 Å². The highest BCUT2D eigenvalue weighted by molar-refractivity contribution is 6.08. The lowest BCUT2D eigenvalue weighted by Crippen LogP contribution is -2.09. The largest absolute Gasteiger partial charge is 0.465 e. The van der Waals surface area contributed by atoms with Crippen LogP contribution in [0.5, 0.6) is 0 Å². The van der Waals surface area contributed by atoms with Gasteiger partial charge in [0.1, 0.15) is 0 Å². The molecule has 31 heavy (non-hydrogen) atoms. The molecule has 0 aliphatic carbocycles. The number of carbonyl (C=O) groups excluding carboxylic acids is 2. The van der Waals surface area contributed by atoms with E-state index in [-0.39, 0.29) is 6.61 Å². The smallest absolute Gasteiger partial charge is 0.341 e. The first-order chi connectivity index (χ1) is 15.2. The Morgan fingerprint density at radius 3 is 1.61 bits per heavy atom. The monoisotopic (exact) mass is 414 g/mol. The molecule has 0 saturated carbocycles. The van der Waals surface area contributed by atoms with Crippen molar-refractivity contribution in [3.05, 3.63) is 84.2 Å². The first kappa shape index (κ1) is 20.2. The van der Waals surface area contributed by atoms with Crippen molar-refractivity contribution in [1.29, 1.82) is 0 Å². The highest BCUT2D eigenvalue weighted by Gasteiger charge is 2.28. The number of H-pyrrole nitrogens is 2. The Kier molecular flexibility index (Phi) is 5.71. The van der Waals surface area contributed by atoms with Crippen LogP contribution >= 0.6 is 0 Å². The Hall–Kier alpha value is -4.06. The summed E-state index contributed by atoms with van der Waals surface area (Å²) < 4.78 is 10.4. The fourth-order valence-electron chi connectivity index (χ4n) is 3.66. The van der Waals surface area contributed by atoms with Crippen LogP contribution in [0, 0.1) is 0 Å². The van der Waals surface area contributed by atoms with E-state index >= 15 is 0 Å². The third-order valence-electron chi connectivity index (χ3n) is 5.05. The third kappa shape index (κ3) is 3.75. The number of nitrogens with one attached hydrogen (secondary N) is 2. The van der Waals surface area contributed by atoms with Gasteiger partial charge in [-0.1, -0.05) is 60.7 Å². The number of hydrogen-bond acceptors (Lipinski definition) is 4. The minimum absolute atomic E-state index is 0.238. The molecule has 0 bridgehead atoms.